The topological polar surface area (TPSA) is 85.8 Å². The van der Waals surface area contributed by atoms with Crippen molar-refractivity contribution >= 4 is 40.0 Å². The van der Waals surface area contributed by atoms with Crippen molar-refractivity contribution in [3.63, 3.8) is 0 Å². The van der Waals surface area contributed by atoms with E-state index >= 15 is 0 Å². The summed E-state index contributed by atoms with van der Waals surface area (Å²) in [6.07, 6.45) is -4.57. The molecular formula is C17H12F3N5O2. The number of ketones is 1. The second-order valence-corrected chi connectivity index (χ2v) is 5.92. The van der Waals surface area contributed by atoms with Crippen molar-refractivity contribution in [3.05, 3.63) is 41.6 Å². The van der Waals surface area contributed by atoms with Gasteiger partial charge in [-0.2, -0.15) is 18.2 Å². The Morgan fingerprint density at radius 3 is 2.59 bits per heavy atom. The number of Topliss-reactive ketones (excluding diaryl/α,β-unsaturated/α-hetero) is 1. The number of rotatable bonds is 3. The molecule has 27 heavy (non-hydrogen) atoms. The molecule has 3 heterocycles. The number of aromatic nitrogens is 4. The van der Waals surface area contributed by atoms with E-state index in [1.165, 1.54) is 13.0 Å². The van der Waals surface area contributed by atoms with Crippen LogP contribution in [0.25, 0.3) is 22.3 Å². The number of pyridine rings is 1. The van der Waals surface area contributed by atoms with Gasteiger partial charge in [-0.15, -0.1) is 0 Å². The Morgan fingerprint density at radius 2 is 1.89 bits per heavy atom. The van der Waals surface area contributed by atoms with Crippen LogP contribution in [-0.4, -0.2) is 25.3 Å². The van der Waals surface area contributed by atoms with Crippen LogP contribution in [0.2, 0.25) is 0 Å². The minimum absolute atomic E-state index is 0.0398. The highest BCUT2D eigenvalue weighted by Crippen LogP contribution is 2.30. The van der Waals surface area contributed by atoms with E-state index in [0.29, 0.717) is 17.0 Å². The van der Waals surface area contributed by atoms with Crippen LogP contribution in [0.5, 0.6) is 0 Å². The van der Waals surface area contributed by atoms with E-state index in [1.54, 1.807) is 29.8 Å². The van der Waals surface area contributed by atoms with Crippen LogP contribution in [0, 0.1) is 0 Å². The largest absolute Gasteiger partial charge is 0.433 e. The maximum Gasteiger partial charge on any atom is 0.433 e. The summed E-state index contributed by atoms with van der Waals surface area (Å²) in [7, 11) is 1.74. The van der Waals surface area contributed by atoms with Gasteiger partial charge in [-0.1, -0.05) is 0 Å². The number of anilines is 2. The van der Waals surface area contributed by atoms with Gasteiger partial charge >= 0.3 is 12.2 Å². The number of aryl methyl sites for hydroxylation is 1. The lowest BCUT2D eigenvalue weighted by atomic mass is 10.1. The van der Waals surface area contributed by atoms with Crippen molar-refractivity contribution in [2.45, 2.75) is 13.1 Å². The Labute approximate surface area is 149 Å². The fraction of sp³-hybridized carbons (Fsp3) is 0.176. The third kappa shape index (κ3) is 2.98. The van der Waals surface area contributed by atoms with Gasteiger partial charge in [-0.25, -0.2) is 9.97 Å². The third-order valence-corrected chi connectivity index (χ3v) is 4.05. The van der Waals surface area contributed by atoms with Crippen molar-refractivity contribution in [3.8, 4) is 0 Å². The minimum atomic E-state index is -4.57. The van der Waals surface area contributed by atoms with Gasteiger partial charge in [0.15, 0.2) is 5.78 Å². The highest BCUT2D eigenvalue weighted by Gasteiger charge is 2.33. The van der Waals surface area contributed by atoms with Crippen LogP contribution in [0.15, 0.2) is 34.7 Å². The lowest BCUT2D eigenvalue weighted by Gasteiger charge is -2.03. The van der Waals surface area contributed by atoms with Crippen LogP contribution >= 0.6 is 0 Å². The van der Waals surface area contributed by atoms with Gasteiger partial charge < -0.3 is 8.98 Å². The number of carbonyl (C=O) groups excluding carboxylic acids is 1. The van der Waals surface area contributed by atoms with Gasteiger partial charge in [0.05, 0.1) is 11.0 Å². The molecule has 0 saturated carbocycles. The molecule has 138 valence electrons. The number of halogens is 3. The fourth-order valence-electron chi connectivity index (χ4n) is 2.65. The van der Waals surface area contributed by atoms with Gasteiger partial charge in [0.1, 0.15) is 11.2 Å². The summed E-state index contributed by atoms with van der Waals surface area (Å²) in [6.45, 7) is 1.46. The molecule has 0 fully saturated rings. The van der Waals surface area contributed by atoms with Crippen LogP contribution in [-0.2, 0) is 13.2 Å². The molecule has 3 aromatic heterocycles. The normalized spacial score (nSPS) is 12.0. The summed E-state index contributed by atoms with van der Waals surface area (Å²) in [5.41, 5.74) is 0.764. The monoisotopic (exact) mass is 375 g/mol. The molecule has 10 heteroatoms. The summed E-state index contributed by atoms with van der Waals surface area (Å²) in [6, 6.07) is 7.10. The number of nitrogens with one attached hydrogen (secondary N) is 1. The average molecular weight is 375 g/mol. The summed E-state index contributed by atoms with van der Waals surface area (Å²) in [5.74, 6) is 0.274. The lowest BCUT2D eigenvalue weighted by Crippen LogP contribution is -2.07. The fourth-order valence-corrected chi connectivity index (χ4v) is 2.65. The molecule has 4 rings (SSSR count). The standard InChI is InChI=1S/C17H12F3N5O2/c1-8(26)9-3-5-12-11(7-9)21-15(25(12)2)24-16-22-10-4-6-13(17(18,19)20)23-14(10)27-16/h3-7H,1-2H3,(H,21,22,24). The van der Waals surface area contributed by atoms with Crippen LogP contribution in [0.3, 0.4) is 0 Å². The maximum atomic E-state index is 12.8. The molecule has 0 atom stereocenters. The number of fused-ring (bicyclic) bond motifs is 2. The molecule has 0 aliphatic carbocycles. The van der Waals surface area contributed by atoms with Crippen molar-refractivity contribution < 1.29 is 22.4 Å². The highest BCUT2D eigenvalue weighted by atomic mass is 19.4. The van der Waals surface area contributed by atoms with Crippen molar-refractivity contribution in [1.82, 2.24) is 19.5 Å². The van der Waals surface area contributed by atoms with Gasteiger partial charge in [0.25, 0.3) is 0 Å². The van der Waals surface area contributed by atoms with Crippen molar-refractivity contribution in [1.29, 1.82) is 0 Å². The predicted octanol–water partition coefficient (Wildman–Crippen LogP) is 4.07. The molecule has 0 radical (unpaired) electrons. The summed E-state index contributed by atoms with van der Waals surface area (Å²) in [5, 5.41) is 2.83. The Hall–Kier alpha value is -3.43. The minimum Gasteiger partial charge on any atom is -0.404 e. The second-order valence-electron chi connectivity index (χ2n) is 5.92. The Morgan fingerprint density at radius 1 is 1.11 bits per heavy atom. The van der Waals surface area contributed by atoms with E-state index in [2.05, 4.69) is 20.3 Å². The highest BCUT2D eigenvalue weighted by molar-refractivity contribution is 5.97. The molecule has 0 spiro atoms. The quantitative estimate of drug-likeness (QED) is 0.543. The molecule has 0 amide bonds. The zero-order chi connectivity index (χ0) is 19.3. The zero-order valence-electron chi connectivity index (χ0n) is 14.1. The van der Waals surface area contributed by atoms with Crippen LogP contribution in [0.1, 0.15) is 23.0 Å². The smallest absolute Gasteiger partial charge is 0.404 e. The molecular weight excluding hydrogens is 363 g/mol. The van der Waals surface area contributed by atoms with E-state index in [-0.39, 0.29) is 23.0 Å². The molecule has 0 saturated heterocycles. The SMILES string of the molecule is CC(=O)c1ccc2c(c1)nc(Nc1nc3ccc(C(F)(F)F)nc3o1)n2C. The number of benzene rings is 1. The van der Waals surface area contributed by atoms with Crippen LogP contribution < -0.4 is 5.32 Å². The van der Waals surface area contributed by atoms with Crippen molar-refractivity contribution in [2.24, 2.45) is 7.05 Å². The molecule has 4 aromatic rings. The number of nitrogens with zero attached hydrogens (tertiary/aromatic N) is 4. The van der Waals surface area contributed by atoms with Gasteiger partial charge in [0.2, 0.25) is 11.7 Å². The van der Waals surface area contributed by atoms with E-state index in [9.17, 15) is 18.0 Å². The Kier molecular flexibility index (Phi) is 3.65. The molecule has 1 aromatic carbocycles. The number of carbonyl (C=O) groups is 1. The van der Waals surface area contributed by atoms with Gasteiger partial charge in [-0.3, -0.25) is 10.1 Å². The molecule has 1 N–H and O–H groups in total. The van der Waals surface area contributed by atoms with Gasteiger partial charge in [-0.05, 0) is 37.3 Å². The third-order valence-electron chi connectivity index (χ3n) is 4.05. The first-order valence-corrected chi connectivity index (χ1v) is 7.81. The molecule has 0 unspecified atom stereocenters. The molecule has 7 nitrogen and oxygen atoms in total. The first-order chi connectivity index (χ1) is 12.7. The molecule has 0 aliphatic heterocycles. The number of oxazole rings is 1. The Bertz CT molecular complexity index is 1190. The number of alkyl halides is 3. The maximum absolute atomic E-state index is 12.8. The molecule has 0 bridgehead atoms. The van der Waals surface area contributed by atoms with Crippen LogP contribution in [0.4, 0.5) is 25.1 Å². The van der Waals surface area contributed by atoms with Gasteiger partial charge in [0, 0.05) is 12.6 Å². The summed E-state index contributed by atoms with van der Waals surface area (Å²) >= 11 is 0. The Balaban J connectivity index is 1.71. The van der Waals surface area contributed by atoms with Crippen molar-refractivity contribution in [2.75, 3.05) is 5.32 Å². The zero-order valence-corrected chi connectivity index (χ0v) is 14.1. The van der Waals surface area contributed by atoms with E-state index in [1.807, 2.05) is 0 Å². The lowest BCUT2D eigenvalue weighted by molar-refractivity contribution is -0.141. The second kappa shape index (κ2) is 5.79. The van der Waals surface area contributed by atoms with E-state index < -0.39 is 11.9 Å². The number of hydrogen-bond acceptors (Lipinski definition) is 6. The summed E-state index contributed by atoms with van der Waals surface area (Å²) in [4.78, 5) is 23.4. The first-order valence-electron chi connectivity index (χ1n) is 7.81. The first kappa shape index (κ1) is 17.0. The van der Waals surface area contributed by atoms with E-state index in [0.717, 1.165) is 11.6 Å². The summed E-state index contributed by atoms with van der Waals surface area (Å²) < 4.78 is 45.2. The van der Waals surface area contributed by atoms with E-state index in [4.69, 9.17) is 4.42 Å². The number of imidazole rings is 1. The average Bonchev–Trinajstić information content (AvgIpc) is 3.14. The predicted molar refractivity (Wildman–Crippen MR) is 90.8 cm³/mol. The molecule has 0 aliphatic rings. The number of hydrogen-bond donors (Lipinski definition) is 1.